The summed E-state index contributed by atoms with van der Waals surface area (Å²) < 4.78 is 0. The SMILES string of the molecule is BN(Cc1nc(-c2cccc(C)n2)c(-c2ccc3ncccc3n2)[nH]1)Cc1ccccc1C. The molecule has 0 bridgehead atoms. The van der Waals surface area contributed by atoms with E-state index in [0.717, 1.165) is 51.9 Å². The Morgan fingerprint density at radius 3 is 2.52 bits per heavy atom. The van der Waals surface area contributed by atoms with Crippen molar-refractivity contribution in [3.05, 3.63) is 95.6 Å². The highest BCUT2D eigenvalue weighted by atomic mass is 15.1. The number of aromatic amines is 1. The number of aromatic nitrogens is 5. The summed E-state index contributed by atoms with van der Waals surface area (Å²) in [5, 5.41) is 0. The van der Waals surface area contributed by atoms with Gasteiger partial charge in [0.1, 0.15) is 11.5 Å². The molecule has 1 aromatic carbocycles. The lowest BCUT2D eigenvalue weighted by Crippen LogP contribution is -2.20. The third-order valence-electron chi connectivity index (χ3n) is 5.72. The van der Waals surface area contributed by atoms with E-state index >= 15 is 0 Å². The van der Waals surface area contributed by atoms with E-state index in [9.17, 15) is 0 Å². The zero-order chi connectivity index (χ0) is 22.8. The summed E-state index contributed by atoms with van der Waals surface area (Å²) >= 11 is 0. The van der Waals surface area contributed by atoms with E-state index < -0.39 is 0 Å². The predicted molar refractivity (Wildman–Crippen MR) is 134 cm³/mol. The number of benzene rings is 1. The largest absolute Gasteiger partial charge is 0.339 e. The Bertz CT molecular complexity index is 1430. The summed E-state index contributed by atoms with van der Waals surface area (Å²) in [5.74, 6) is 0.882. The second-order valence-corrected chi connectivity index (χ2v) is 8.41. The third-order valence-corrected chi connectivity index (χ3v) is 5.72. The van der Waals surface area contributed by atoms with Crippen LogP contribution in [-0.2, 0) is 13.1 Å². The maximum absolute atomic E-state index is 4.97. The molecule has 0 saturated heterocycles. The van der Waals surface area contributed by atoms with Crippen molar-refractivity contribution in [3.8, 4) is 22.8 Å². The Labute approximate surface area is 194 Å². The van der Waals surface area contributed by atoms with Crippen LogP contribution in [0, 0.1) is 13.8 Å². The minimum atomic E-state index is 0.683. The van der Waals surface area contributed by atoms with Crippen molar-refractivity contribution in [2.75, 3.05) is 0 Å². The molecule has 5 aromatic rings. The van der Waals surface area contributed by atoms with Crippen LogP contribution in [0.1, 0.15) is 22.6 Å². The van der Waals surface area contributed by atoms with Gasteiger partial charge < -0.3 is 9.79 Å². The maximum Gasteiger partial charge on any atom is 0.186 e. The highest BCUT2D eigenvalue weighted by Gasteiger charge is 2.18. The van der Waals surface area contributed by atoms with Crippen LogP contribution in [0.2, 0.25) is 0 Å². The average Bonchev–Trinajstić information content (AvgIpc) is 3.24. The Balaban J connectivity index is 1.52. The van der Waals surface area contributed by atoms with Gasteiger partial charge in [-0.3, -0.25) is 9.97 Å². The van der Waals surface area contributed by atoms with E-state index in [1.807, 2.05) is 49.4 Å². The summed E-state index contributed by atoms with van der Waals surface area (Å²) in [5.41, 5.74) is 8.64. The molecule has 0 aliphatic carbocycles. The van der Waals surface area contributed by atoms with Gasteiger partial charge in [-0.2, -0.15) is 0 Å². The molecule has 0 fully saturated rings. The first-order valence-corrected chi connectivity index (χ1v) is 11.0. The van der Waals surface area contributed by atoms with Crippen LogP contribution in [0.5, 0.6) is 0 Å². The quantitative estimate of drug-likeness (QED) is 0.407. The molecule has 0 radical (unpaired) electrons. The highest BCUT2D eigenvalue weighted by Crippen LogP contribution is 2.29. The van der Waals surface area contributed by atoms with Gasteiger partial charge >= 0.3 is 0 Å². The molecule has 0 unspecified atom stereocenters. The zero-order valence-electron chi connectivity index (χ0n) is 19.1. The van der Waals surface area contributed by atoms with Crippen LogP contribution in [0.25, 0.3) is 33.8 Å². The zero-order valence-corrected chi connectivity index (χ0v) is 19.1. The minimum Gasteiger partial charge on any atom is -0.339 e. The molecule has 0 aliphatic rings. The van der Waals surface area contributed by atoms with Gasteiger partial charge in [0.2, 0.25) is 0 Å². The first-order valence-electron chi connectivity index (χ1n) is 11.0. The van der Waals surface area contributed by atoms with Crippen molar-refractivity contribution in [2.24, 2.45) is 0 Å². The third kappa shape index (κ3) is 4.54. The second-order valence-electron chi connectivity index (χ2n) is 8.41. The van der Waals surface area contributed by atoms with Crippen molar-refractivity contribution in [3.63, 3.8) is 0 Å². The number of hydrogen-bond donors (Lipinski definition) is 1. The van der Waals surface area contributed by atoms with Crippen molar-refractivity contribution in [2.45, 2.75) is 26.9 Å². The predicted octanol–water partition coefficient (Wildman–Crippen LogP) is 4.25. The Morgan fingerprint density at radius 1 is 0.788 bits per heavy atom. The number of fused-ring (bicyclic) bond motifs is 1. The van der Waals surface area contributed by atoms with E-state index in [0.29, 0.717) is 6.54 Å². The number of aryl methyl sites for hydroxylation is 2. The van der Waals surface area contributed by atoms with Crippen LogP contribution in [0.15, 0.2) is 72.9 Å². The van der Waals surface area contributed by atoms with Gasteiger partial charge in [-0.25, -0.2) is 9.97 Å². The standard InChI is InChI=1S/C26H25BN6/c1-17-7-3-4-9-19(17)15-33(27)16-24-31-25(22-10-5-8-18(2)29-22)26(32-24)23-13-12-20-21(30-23)11-6-14-28-20/h3-14H,15-16,27H2,1-2H3,(H,31,32). The molecular weight excluding hydrogens is 407 g/mol. The molecule has 1 N–H and O–H groups in total. The molecule has 33 heavy (non-hydrogen) atoms. The molecule has 162 valence electrons. The number of H-pyrrole nitrogens is 1. The summed E-state index contributed by atoms with van der Waals surface area (Å²) in [6.45, 7) is 5.67. The number of imidazole rings is 1. The van der Waals surface area contributed by atoms with E-state index in [1.54, 1.807) is 6.20 Å². The van der Waals surface area contributed by atoms with Gasteiger partial charge in [0.05, 0.1) is 28.1 Å². The molecule has 0 amide bonds. The Morgan fingerprint density at radius 2 is 1.67 bits per heavy atom. The summed E-state index contributed by atoms with van der Waals surface area (Å²) in [6.07, 6.45) is 1.78. The van der Waals surface area contributed by atoms with Crippen LogP contribution in [0.3, 0.4) is 0 Å². The van der Waals surface area contributed by atoms with Crippen LogP contribution in [0.4, 0.5) is 0 Å². The minimum absolute atomic E-state index is 0.683. The lowest BCUT2D eigenvalue weighted by Gasteiger charge is -2.17. The van der Waals surface area contributed by atoms with Gasteiger partial charge in [-0.15, -0.1) is 0 Å². The van der Waals surface area contributed by atoms with Crippen molar-refractivity contribution in [1.29, 1.82) is 0 Å². The summed E-state index contributed by atoms with van der Waals surface area (Å²) in [4.78, 5) is 24.7. The van der Waals surface area contributed by atoms with Crippen molar-refractivity contribution >= 4 is 19.0 Å². The first kappa shape index (κ1) is 21.0. The fraction of sp³-hybridized carbons (Fsp3) is 0.154. The van der Waals surface area contributed by atoms with Crippen molar-refractivity contribution in [1.82, 2.24) is 29.7 Å². The second kappa shape index (κ2) is 8.96. The van der Waals surface area contributed by atoms with Crippen LogP contribution in [-0.4, -0.2) is 37.7 Å². The topological polar surface area (TPSA) is 70.6 Å². The number of hydrogen-bond acceptors (Lipinski definition) is 5. The molecule has 0 spiro atoms. The number of nitrogens with one attached hydrogen (secondary N) is 1. The molecule has 5 rings (SSSR count). The normalized spacial score (nSPS) is 11.4. The smallest absolute Gasteiger partial charge is 0.186 e. The lowest BCUT2D eigenvalue weighted by atomic mass is 10.1. The van der Waals surface area contributed by atoms with Crippen LogP contribution >= 0.6 is 0 Å². The fourth-order valence-corrected chi connectivity index (χ4v) is 4.03. The molecule has 0 atom stereocenters. The maximum atomic E-state index is 4.97. The monoisotopic (exact) mass is 432 g/mol. The molecule has 0 saturated carbocycles. The van der Waals surface area contributed by atoms with E-state index in [4.69, 9.17) is 15.0 Å². The number of rotatable bonds is 6. The molecule has 4 heterocycles. The fourth-order valence-electron chi connectivity index (χ4n) is 4.03. The number of pyridine rings is 3. The molecule has 7 heteroatoms. The van der Waals surface area contributed by atoms with E-state index in [2.05, 4.69) is 53.9 Å². The van der Waals surface area contributed by atoms with E-state index in [1.165, 1.54) is 11.1 Å². The van der Waals surface area contributed by atoms with E-state index in [-0.39, 0.29) is 0 Å². The van der Waals surface area contributed by atoms with Gasteiger partial charge in [-0.05, 0) is 61.4 Å². The van der Waals surface area contributed by atoms with Gasteiger partial charge in [0.25, 0.3) is 0 Å². The van der Waals surface area contributed by atoms with Gasteiger partial charge in [0, 0.05) is 25.0 Å². The molecular formula is C26H25BN6. The molecule has 6 nitrogen and oxygen atoms in total. The van der Waals surface area contributed by atoms with Gasteiger partial charge in [0.15, 0.2) is 7.98 Å². The lowest BCUT2D eigenvalue weighted by molar-refractivity contribution is 0.431. The van der Waals surface area contributed by atoms with Crippen LogP contribution < -0.4 is 0 Å². The Hall–Kier alpha value is -3.84. The van der Waals surface area contributed by atoms with Crippen molar-refractivity contribution < 1.29 is 0 Å². The highest BCUT2D eigenvalue weighted by molar-refractivity contribution is 6.04. The summed E-state index contributed by atoms with van der Waals surface area (Å²) in [7, 11) is 2.11. The first-order chi connectivity index (χ1) is 16.1. The average molecular weight is 432 g/mol. The van der Waals surface area contributed by atoms with Gasteiger partial charge in [-0.1, -0.05) is 30.3 Å². The molecule has 0 aliphatic heterocycles. The summed E-state index contributed by atoms with van der Waals surface area (Å²) in [6, 6.07) is 22.3. The molecule has 4 aromatic heterocycles. The number of nitrogens with zero attached hydrogens (tertiary/aromatic N) is 5. The Kier molecular flexibility index (Phi) is 5.71.